The van der Waals surface area contributed by atoms with Crippen molar-refractivity contribution in [1.29, 1.82) is 0 Å². The Morgan fingerprint density at radius 2 is 1.60 bits per heavy atom. The minimum atomic E-state index is -0.622. The van der Waals surface area contributed by atoms with Crippen molar-refractivity contribution in [3.63, 3.8) is 0 Å². The maximum Gasteiger partial charge on any atom is 0.316 e. The molecule has 3 rings (SSSR count). The van der Waals surface area contributed by atoms with Crippen LogP contribution in [-0.2, 0) is 14.1 Å². The molecule has 1 heterocycles. The number of aryl methyl sites for hydroxylation is 2. The first kappa shape index (κ1) is 16.5. The molecule has 0 spiro atoms. The predicted molar refractivity (Wildman–Crippen MR) is 95.4 cm³/mol. The smallest absolute Gasteiger partial charge is 0.316 e. The molecule has 1 aromatic heterocycles. The fourth-order valence-corrected chi connectivity index (χ4v) is 2.69. The third kappa shape index (κ3) is 2.80. The number of fused-ring (bicyclic) bond motifs is 1. The number of carbonyl (C=O) groups excluding carboxylic acids is 1. The Balaban J connectivity index is 2.04. The lowest BCUT2D eigenvalue weighted by Crippen LogP contribution is -2.39. The number of rotatable bonds is 3. The van der Waals surface area contributed by atoms with Crippen LogP contribution in [0.2, 0.25) is 0 Å². The number of methoxy groups -OCH3 is 1. The molecular weight excluding hydrogens is 322 g/mol. The number of hydrogen-bond donors (Lipinski definition) is 1. The van der Waals surface area contributed by atoms with E-state index < -0.39 is 11.1 Å². The molecule has 7 heteroatoms. The second-order valence-corrected chi connectivity index (χ2v) is 5.59. The van der Waals surface area contributed by atoms with Crippen LogP contribution in [0.5, 0.6) is 5.75 Å². The van der Waals surface area contributed by atoms with Crippen LogP contribution < -0.4 is 21.2 Å². The van der Waals surface area contributed by atoms with Crippen LogP contribution in [0, 0.1) is 0 Å². The van der Waals surface area contributed by atoms with E-state index in [9.17, 15) is 14.4 Å². The van der Waals surface area contributed by atoms with E-state index in [-0.39, 0.29) is 5.91 Å². The van der Waals surface area contributed by atoms with Gasteiger partial charge in [0.05, 0.1) is 23.7 Å². The average molecular weight is 339 g/mol. The molecule has 128 valence electrons. The summed E-state index contributed by atoms with van der Waals surface area (Å²) in [7, 11) is 4.56. The first-order chi connectivity index (χ1) is 11.9. The van der Waals surface area contributed by atoms with Gasteiger partial charge < -0.3 is 19.2 Å². The van der Waals surface area contributed by atoms with Crippen molar-refractivity contribution in [2.45, 2.75) is 0 Å². The zero-order valence-corrected chi connectivity index (χ0v) is 14.1. The van der Waals surface area contributed by atoms with Crippen molar-refractivity contribution in [1.82, 2.24) is 9.13 Å². The Hall–Kier alpha value is -3.35. The number of carbonyl (C=O) groups is 1. The molecule has 0 bridgehead atoms. The standard InChI is InChI=1S/C18H17N3O4/c1-20-13-9-8-11(10-14(13)21(2)18(24)17(20)23)19-16(22)12-6-4-5-7-15(12)25-3/h4-10H,1-3H3,(H,19,22). The van der Waals surface area contributed by atoms with E-state index in [0.717, 1.165) is 0 Å². The Morgan fingerprint density at radius 3 is 2.28 bits per heavy atom. The fraction of sp³-hybridized carbons (Fsp3) is 0.167. The van der Waals surface area contributed by atoms with Gasteiger partial charge in [-0.2, -0.15) is 0 Å². The topological polar surface area (TPSA) is 82.3 Å². The second-order valence-electron chi connectivity index (χ2n) is 5.59. The lowest BCUT2D eigenvalue weighted by Gasteiger charge is -2.12. The maximum atomic E-state index is 12.5. The Kier molecular flexibility index (Phi) is 4.14. The van der Waals surface area contributed by atoms with Crippen LogP contribution in [0.15, 0.2) is 52.1 Å². The summed E-state index contributed by atoms with van der Waals surface area (Å²) in [5, 5.41) is 2.78. The Labute approximate surface area is 143 Å². The van der Waals surface area contributed by atoms with Crippen LogP contribution in [0.4, 0.5) is 5.69 Å². The molecule has 1 N–H and O–H groups in total. The minimum absolute atomic E-state index is 0.327. The summed E-state index contributed by atoms with van der Waals surface area (Å²) in [5.41, 5.74) is 0.841. The third-order valence-corrected chi connectivity index (χ3v) is 4.10. The van der Waals surface area contributed by atoms with Crippen molar-refractivity contribution >= 4 is 22.6 Å². The highest BCUT2D eigenvalue weighted by atomic mass is 16.5. The van der Waals surface area contributed by atoms with Crippen LogP contribution in [0.3, 0.4) is 0 Å². The highest BCUT2D eigenvalue weighted by molar-refractivity contribution is 6.06. The van der Waals surface area contributed by atoms with Gasteiger partial charge in [0.25, 0.3) is 5.91 Å². The van der Waals surface area contributed by atoms with Gasteiger partial charge in [0.1, 0.15) is 5.75 Å². The monoisotopic (exact) mass is 339 g/mol. The van der Waals surface area contributed by atoms with E-state index in [0.29, 0.717) is 28.0 Å². The van der Waals surface area contributed by atoms with Crippen molar-refractivity contribution < 1.29 is 9.53 Å². The van der Waals surface area contributed by atoms with Crippen molar-refractivity contribution in [2.24, 2.45) is 14.1 Å². The number of nitrogens with zero attached hydrogens (tertiary/aromatic N) is 2. The molecule has 0 radical (unpaired) electrons. The molecule has 25 heavy (non-hydrogen) atoms. The summed E-state index contributed by atoms with van der Waals surface area (Å²) in [6, 6.07) is 11.9. The maximum absolute atomic E-state index is 12.5. The van der Waals surface area contributed by atoms with Crippen molar-refractivity contribution in [3.8, 4) is 5.75 Å². The highest BCUT2D eigenvalue weighted by Gasteiger charge is 2.13. The fourth-order valence-electron chi connectivity index (χ4n) is 2.69. The van der Waals surface area contributed by atoms with E-state index >= 15 is 0 Å². The minimum Gasteiger partial charge on any atom is -0.496 e. The molecule has 2 aromatic carbocycles. The molecule has 0 atom stereocenters. The summed E-state index contributed by atoms with van der Waals surface area (Å²) in [5.74, 6) is 0.141. The van der Waals surface area contributed by atoms with E-state index in [2.05, 4.69) is 5.32 Å². The van der Waals surface area contributed by atoms with Gasteiger partial charge >= 0.3 is 11.1 Å². The first-order valence-corrected chi connectivity index (χ1v) is 7.58. The number of ether oxygens (including phenoxy) is 1. The lowest BCUT2D eigenvalue weighted by atomic mass is 10.1. The number of amides is 1. The zero-order chi connectivity index (χ0) is 18.1. The van der Waals surface area contributed by atoms with Gasteiger partial charge in [-0.15, -0.1) is 0 Å². The summed E-state index contributed by atoms with van der Waals surface area (Å²) in [6.45, 7) is 0. The first-order valence-electron chi connectivity index (χ1n) is 7.58. The number of hydrogen-bond acceptors (Lipinski definition) is 4. The molecule has 3 aromatic rings. The quantitative estimate of drug-likeness (QED) is 0.733. The largest absolute Gasteiger partial charge is 0.496 e. The lowest BCUT2D eigenvalue weighted by molar-refractivity contribution is 0.102. The van der Waals surface area contributed by atoms with E-state index in [1.807, 2.05) is 0 Å². The van der Waals surface area contributed by atoms with Crippen LogP contribution in [0.1, 0.15) is 10.4 Å². The van der Waals surface area contributed by atoms with Gasteiger partial charge in [-0.25, -0.2) is 0 Å². The predicted octanol–water partition coefficient (Wildman–Crippen LogP) is 1.50. The zero-order valence-electron chi connectivity index (χ0n) is 14.1. The molecule has 1 amide bonds. The summed E-state index contributed by atoms with van der Waals surface area (Å²) in [6.07, 6.45) is 0. The van der Waals surface area contributed by atoms with Crippen molar-refractivity contribution in [2.75, 3.05) is 12.4 Å². The molecule has 0 aliphatic heterocycles. The molecule has 0 fully saturated rings. The molecular formula is C18H17N3O4. The molecule has 0 saturated heterocycles. The Morgan fingerprint density at radius 1 is 0.960 bits per heavy atom. The van der Waals surface area contributed by atoms with Gasteiger partial charge in [0, 0.05) is 19.8 Å². The third-order valence-electron chi connectivity index (χ3n) is 4.10. The number of anilines is 1. The SMILES string of the molecule is COc1ccccc1C(=O)Nc1ccc2c(c1)n(C)c(=O)c(=O)n2C. The Bertz CT molecular complexity index is 1100. The summed E-state index contributed by atoms with van der Waals surface area (Å²) < 4.78 is 7.76. The molecule has 0 aliphatic carbocycles. The van der Waals surface area contributed by atoms with Crippen LogP contribution >= 0.6 is 0 Å². The molecule has 0 saturated carbocycles. The van der Waals surface area contributed by atoms with E-state index in [4.69, 9.17) is 4.74 Å². The number of benzene rings is 2. The molecule has 7 nitrogen and oxygen atoms in total. The summed E-state index contributed by atoms with van der Waals surface area (Å²) in [4.78, 5) is 36.3. The number of para-hydroxylation sites is 1. The average Bonchev–Trinajstić information content (AvgIpc) is 2.64. The van der Waals surface area contributed by atoms with Crippen molar-refractivity contribution in [3.05, 3.63) is 68.7 Å². The van der Waals surface area contributed by atoms with Crippen LogP contribution in [-0.4, -0.2) is 22.2 Å². The van der Waals surface area contributed by atoms with Crippen LogP contribution in [0.25, 0.3) is 11.0 Å². The van der Waals surface area contributed by atoms with E-state index in [1.165, 1.54) is 23.3 Å². The summed E-state index contributed by atoms with van der Waals surface area (Å²) >= 11 is 0. The van der Waals surface area contributed by atoms with Gasteiger partial charge in [-0.1, -0.05) is 12.1 Å². The normalized spacial score (nSPS) is 10.7. The van der Waals surface area contributed by atoms with E-state index in [1.54, 1.807) is 49.5 Å². The van der Waals surface area contributed by atoms with Gasteiger partial charge in [-0.05, 0) is 30.3 Å². The highest BCUT2D eigenvalue weighted by Crippen LogP contribution is 2.21. The van der Waals surface area contributed by atoms with Gasteiger partial charge in [-0.3, -0.25) is 14.4 Å². The van der Waals surface area contributed by atoms with Gasteiger partial charge in [0.15, 0.2) is 0 Å². The molecule has 0 aliphatic rings. The molecule has 0 unspecified atom stereocenters. The number of aromatic nitrogens is 2. The van der Waals surface area contributed by atoms with Gasteiger partial charge in [0.2, 0.25) is 0 Å². The number of nitrogens with one attached hydrogen (secondary N) is 1. The second kappa shape index (κ2) is 6.27.